The van der Waals surface area contributed by atoms with Crippen molar-refractivity contribution in [3.05, 3.63) is 24.3 Å². The van der Waals surface area contributed by atoms with Crippen LogP contribution >= 0.6 is 0 Å². The SMILES string of the molecule is CC1CCN(CCNc2ccnc(F)c2)CC1. The molecule has 0 aliphatic carbocycles. The molecule has 1 saturated heterocycles. The molecule has 1 fully saturated rings. The summed E-state index contributed by atoms with van der Waals surface area (Å²) in [5.41, 5.74) is 0.808. The van der Waals surface area contributed by atoms with E-state index in [0.29, 0.717) is 0 Å². The number of piperidine rings is 1. The van der Waals surface area contributed by atoms with Gasteiger partial charge in [-0.25, -0.2) is 4.98 Å². The van der Waals surface area contributed by atoms with Crippen LogP contribution in [-0.2, 0) is 0 Å². The molecule has 1 aliphatic rings. The van der Waals surface area contributed by atoms with Crippen LogP contribution < -0.4 is 5.32 Å². The number of hydrogen-bond donors (Lipinski definition) is 1. The maximum atomic E-state index is 12.8. The summed E-state index contributed by atoms with van der Waals surface area (Å²) >= 11 is 0. The predicted molar refractivity (Wildman–Crippen MR) is 67.5 cm³/mol. The Labute approximate surface area is 102 Å². The third-order valence-electron chi connectivity index (χ3n) is 3.36. The monoisotopic (exact) mass is 237 g/mol. The van der Waals surface area contributed by atoms with Crippen molar-refractivity contribution < 1.29 is 4.39 Å². The topological polar surface area (TPSA) is 28.2 Å². The standard InChI is InChI=1S/C13H20FN3/c1-11-3-7-17(8-4-11)9-6-15-12-2-5-16-13(14)10-12/h2,5,10-11H,3-4,6-9H2,1H3,(H,15,16). The Morgan fingerprint density at radius 3 is 2.94 bits per heavy atom. The van der Waals surface area contributed by atoms with Crippen LogP contribution in [0.15, 0.2) is 18.3 Å². The van der Waals surface area contributed by atoms with E-state index in [4.69, 9.17) is 0 Å². The van der Waals surface area contributed by atoms with Gasteiger partial charge in [0.15, 0.2) is 0 Å². The van der Waals surface area contributed by atoms with Crippen LogP contribution in [0.4, 0.5) is 10.1 Å². The first kappa shape index (κ1) is 12.3. The Balaban J connectivity index is 1.69. The van der Waals surface area contributed by atoms with Crippen LogP contribution in [-0.4, -0.2) is 36.1 Å². The van der Waals surface area contributed by atoms with E-state index in [2.05, 4.69) is 22.1 Å². The molecule has 3 nitrogen and oxygen atoms in total. The normalized spacial score (nSPS) is 18.2. The molecule has 0 saturated carbocycles. The van der Waals surface area contributed by atoms with Gasteiger partial charge in [-0.05, 0) is 37.9 Å². The van der Waals surface area contributed by atoms with E-state index in [1.54, 1.807) is 6.07 Å². The Hall–Kier alpha value is -1.16. The highest BCUT2D eigenvalue weighted by molar-refractivity contribution is 5.41. The summed E-state index contributed by atoms with van der Waals surface area (Å²) in [7, 11) is 0. The van der Waals surface area contributed by atoms with Crippen LogP contribution in [0.1, 0.15) is 19.8 Å². The fraction of sp³-hybridized carbons (Fsp3) is 0.615. The second-order valence-corrected chi connectivity index (χ2v) is 4.82. The number of halogens is 1. The van der Waals surface area contributed by atoms with Crippen molar-refractivity contribution in [2.45, 2.75) is 19.8 Å². The smallest absolute Gasteiger partial charge is 0.214 e. The largest absolute Gasteiger partial charge is 0.384 e. The molecule has 0 spiro atoms. The van der Waals surface area contributed by atoms with E-state index in [1.807, 2.05) is 0 Å². The fourth-order valence-corrected chi connectivity index (χ4v) is 2.16. The fourth-order valence-electron chi connectivity index (χ4n) is 2.16. The van der Waals surface area contributed by atoms with Gasteiger partial charge in [-0.2, -0.15) is 4.39 Å². The lowest BCUT2D eigenvalue weighted by atomic mass is 9.99. The Morgan fingerprint density at radius 2 is 2.24 bits per heavy atom. The number of anilines is 1. The first-order valence-corrected chi connectivity index (χ1v) is 6.32. The number of nitrogens with zero attached hydrogens (tertiary/aromatic N) is 2. The predicted octanol–water partition coefficient (Wildman–Crippen LogP) is 2.36. The zero-order valence-corrected chi connectivity index (χ0v) is 10.3. The molecule has 0 aromatic carbocycles. The van der Waals surface area contributed by atoms with Crippen molar-refractivity contribution in [2.24, 2.45) is 5.92 Å². The number of likely N-dealkylation sites (tertiary alicyclic amines) is 1. The van der Waals surface area contributed by atoms with Gasteiger partial charge < -0.3 is 10.2 Å². The molecule has 1 aliphatic heterocycles. The first-order chi connectivity index (χ1) is 8.24. The summed E-state index contributed by atoms with van der Waals surface area (Å²) in [6, 6.07) is 3.22. The first-order valence-electron chi connectivity index (χ1n) is 6.32. The maximum Gasteiger partial charge on any atom is 0.214 e. The minimum absolute atomic E-state index is 0.429. The van der Waals surface area contributed by atoms with Crippen LogP contribution in [0.5, 0.6) is 0 Å². The Bertz CT molecular complexity index is 348. The highest BCUT2D eigenvalue weighted by atomic mass is 19.1. The lowest BCUT2D eigenvalue weighted by Gasteiger charge is -2.30. The molecule has 17 heavy (non-hydrogen) atoms. The molecule has 4 heteroatoms. The average molecular weight is 237 g/mol. The highest BCUT2D eigenvalue weighted by Crippen LogP contribution is 2.15. The van der Waals surface area contributed by atoms with E-state index >= 15 is 0 Å². The molecule has 0 amide bonds. The molecule has 2 heterocycles. The average Bonchev–Trinajstić information content (AvgIpc) is 2.32. The van der Waals surface area contributed by atoms with Gasteiger partial charge in [0.25, 0.3) is 0 Å². The zero-order valence-electron chi connectivity index (χ0n) is 10.3. The van der Waals surface area contributed by atoms with E-state index < -0.39 is 5.95 Å². The Morgan fingerprint density at radius 1 is 1.47 bits per heavy atom. The van der Waals surface area contributed by atoms with Gasteiger partial charge in [-0.15, -0.1) is 0 Å². The van der Waals surface area contributed by atoms with E-state index in [1.165, 1.54) is 38.2 Å². The van der Waals surface area contributed by atoms with Crippen molar-refractivity contribution in [3.63, 3.8) is 0 Å². The minimum atomic E-state index is -0.429. The molecule has 94 valence electrons. The molecule has 0 bridgehead atoms. The number of hydrogen-bond acceptors (Lipinski definition) is 3. The van der Waals surface area contributed by atoms with Gasteiger partial charge in [0.1, 0.15) is 0 Å². The molecule has 0 unspecified atom stereocenters. The summed E-state index contributed by atoms with van der Waals surface area (Å²) in [6.45, 7) is 6.57. The summed E-state index contributed by atoms with van der Waals surface area (Å²) in [5, 5.41) is 3.22. The summed E-state index contributed by atoms with van der Waals surface area (Å²) in [5.74, 6) is 0.440. The highest BCUT2D eigenvalue weighted by Gasteiger charge is 2.14. The zero-order chi connectivity index (χ0) is 12.1. The third-order valence-corrected chi connectivity index (χ3v) is 3.36. The van der Waals surface area contributed by atoms with Crippen molar-refractivity contribution in [2.75, 3.05) is 31.5 Å². The van der Waals surface area contributed by atoms with Gasteiger partial charge in [-0.1, -0.05) is 6.92 Å². The van der Waals surface area contributed by atoms with Crippen LogP contribution in [0, 0.1) is 11.9 Å². The van der Waals surface area contributed by atoms with E-state index in [-0.39, 0.29) is 0 Å². The van der Waals surface area contributed by atoms with Gasteiger partial charge in [0, 0.05) is 31.0 Å². The lowest BCUT2D eigenvalue weighted by molar-refractivity contribution is 0.199. The van der Waals surface area contributed by atoms with Crippen LogP contribution in [0.2, 0.25) is 0 Å². The minimum Gasteiger partial charge on any atom is -0.384 e. The third kappa shape index (κ3) is 3.97. The molecule has 2 rings (SSSR count). The van der Waals surface area contributed by atoms with Crippen LogP contribution in [0.25, 0.3) is 0 Å². The van der Waals surface area contributed by atoms with Crippen molar-refractivity contribution in [1.29, 1.82) is 0 Å². The molecular formula is C13H20FN3. The summed E-state index contributed by atoms with van der Waals surface area (Å²) in [4.78, 5) is 5.99. The molecule has 1 aromatic rings. The molecule has 1 N–H and O–H groups in total. The second-order valence-electron chi connectivity index (χ2n) is 4.82. The molecular weight excluding hydrogens is 217 g/mol. The van der Waals surface area contributed by atoms with Gasteiger partial charge in [0.05, 0.1) is 0 Å². The van der Waals surface area contributed by atoms with Crippen molar-refractivity contribution >= 4 is 5.69 Å². The quantitative estimate of drug-likeness (QED) is 0.815. The van der Waals surface area contributed by atoms with Crippen molar-refractivity contribution in [1.82, 2.24) is 9.88 Å². The number of nitrogens with one attached hydrogen (secondary N) is 1. The van der Waals surface area contributed by atoms with Crippen molar-refractivity contribution in [3.8, 4) is 0 Å². The number of pyridine rings is 1. The maximum absolute atomic E-state index is 12.8. The van der Waals surface area contributed by atoms with E-state index in [0.717, 1.165) is 24.7 Å². The lowest BCUT2D eigenvalue weighted by Crippen LogP contribution is -2.36. The number of rotatable bonds is 4. The Kier molecular flexibility index (Phi) is 4.31. The van der Waals surface area contributed by atoms with Crippen LogP contribution in [0.3, 0.4) is 0 Å². The molecule has 0 radical (unpaired) electrons. The van der Waals surface area contributed by atoms with Gasteiger partial charge >= 0.3 is 0 Å². The van der Waals surface area contributed by atoms with E-state index in [9.17, 15) is 4.39 Å². The summed E-state index contributed by atoms with van der Waals surface area (Å²) in [6.07, 6.45) is 4.08. The van der Waals surface area contributed by atoms with Gasteiger partial charge in [0.2, 0.25) is 5.95 Å². The summed E-state index contributed by atoms with van der Waals surface area (Å²) < 4.78 is 12.8. The molecule has 1 aromatic heterocycles. The second kappa shape index (κ2) is 5.96. The molecule has 0 atom stereocenters. The number of aromatic nitrogens is 1. The van der Waals surface area contributed by atoms with Gasteiger partial charge in [-0.3, -0.25) is 0 Å².